The number of benzene rings is 1. The van der Waals surface area contributed by atoms with Gasteiger partial charge in [-0.2, -0.15) is 0 Å². The zero-order chi connectivity index (χ0) is 11.5. The van der Waals surface area contributed by atoms with Crippen LogP contribution in [-0.2, 0) is 6.42 Å². The lowest BCUT2D eigenvalue weighted by molar-refractivity contribution is 0.183. The number of carbonyl (C=O) groups is 1. The highest BCUT2D eigenvalue weighted by Gasteiger charge is 2.29. The Morgan fingerprint density at radius 2 is 2.25 bits per heavy atom. The Kier molecular flexibility index (Phi) is 3.68. The number of hydrogen-bond acceptors (Lipinski definition) is 1. The van der Waals surface area contributed by atoms with Crippen molar-refractivity contribution in [1.29, 1.82) is 0 Å². The van der Waals surface area contributed by atoms with Gasteiger partial charge in [0.25, 0.3) is 0 Å². The van der Waals surface area contributed by atoms with Crippen molar-refractivity contribution in [3.05, 3.63) is 35.4 Å². The van der Waals surface area contributed by atoms with Gasteiger partial charge in [-0.15, -0.1) is 0 Å². The molecule has 0 radical (unpaired) electrons. The fourth-order valence-corrected chi connectivity index (χ4v) is 3.27. The van der Waals surface area contributed by atoms with Crippen LogP contribution in [0.3, 0.4) is 0 Å². The molecule has 2 atom stereocenters. The van der Waals surface area contributed by atoms with Crippen molar-refractivity contribution in [2.75, 3.05) is 4.43 Å². The van der Waals surface area contributed by atoms with Crippen LogP contribution in [0.1, 0.15) is 23.6 Å². The Hall–Kier alpha value is -0.780. The first-order valence-corrected chi connectivity index (χ1v) is 6.88. The van der Waals surface area contributed by atoms with Crippen molar-refractivity contribution >= 4 is 28.7 Å². The van der Waals surface area contributed by atoms with Crippen LogP contribution in [0.5, 0.6) is 0 Å². The maximum Gasteiger partial charge on any atom is 0.405 e. The van der Waals surface area contributed by atoms with E-state index >= 15 is 0 Å². The average Bonchev–Trinajstić information content (AvgIpc) is 2.29. The van der Waals surface area contributed by atoms with Crippen LogP contribution in [0.2, 0.25) is 0 Å². The second-order valence-corrected chi connectivity index (χ2v) is 4.96. The molecule has 1 aliphatic rings. The topological polar surface area (TPSA) is 49.3 Å². The van der Waals surface area contributed by atoms with E-state index in [0.717, 1.165) is 22.8 Å². The van der Waals surface area contributed by atoms with Crippen molar-refractivity contribution in [3.8, 4) is 0 Å². The van der Waals surface area contributed by atoms with Crippen LogP contribution in [-0.4, -0.2) is 15.6 Å². The van der Waals surface area contributed by atoms with Crippen LogP contribution >= 0.6 is 22.6 Å². The third-order valence-corrected chi connectivity index (χ3v) is 4.25. The fraction of sp³-hybridized carbons (Fsp3) is 0.417. The second-order valence-electron chi connectivity index (χ2n) is 4.08. The van der Waals surface area contributed by atoms with Gasteiger partial charge >= 0.3 is 6.09 Å². The first-order chi connectivity index (χ1) is 7.72. The lowest BCUT2D eigenvalue weighted by Gasteiger charge is -2.32. The van der Waals surface area contributed by atoms with Gasteiger partial charge in [0.2, 0.25) is 0 Å². The zero-order valence-corrected chi connectivity index (χ0v) is 11.0. The van der Waals surface area contributed by atoms with Gasteiger partial charge in [0.15, 0.2) is 0 Å². The summed E-state index contributed by atoms with van der Waals surface area (Å²) in [4.78, 5) is 10.8. The number of rotatable bonds is 2. The van der Waals surface area contributed by atoms with Gasteiger partial charge in [0.05, 0.1) is 6.04 Å². The van der Waals surface area contributed by atoms with E-state index in [1.807, 2.05) is 18.2 Å². The molecule has 0 heterocycles. The highest BCUT2D eigenvalue weighted by atomic mass is 127. The van der Waals surface area contributed by atoms with Gasteiger partial charge in [-0.1, -0.05) is 46.9 Å². The van der Waals surface area contributed by atoms with Gasteiger partial charge in [0, 0.05) is 4.43 Å². The van der Waals surface area contributed by atoms with E-state index < -0.39 is 6.09 Å². The van der Waals surface area contributed by atoms with E-state index in [2.05, 4.69) is 34.0 Å². The van der Waals surface area contributed by atoms with Crippen LogP contribution in [0, 0.1) is 5.92 Å². The Morgan fingerprint density at radius 3 is 2.94 bits per heavy atom. The van der Waals surface area contributed by atoms with Gasteiger partial charge < -0.3 is 10.4 Å². The first kappa shape index (κ1) is 11.7. The molecule has 0 spiro atoms. The molecule has 0 fully saturated rings. The molecule has 16 heavy (non-hydrogen) atoms. The SMILES string of the molecule is O=C(O)NC1c2ccccc2CCC1CI. The van der Waals surface area contributed by atoms with Crippen molar-refractivity contribution in [3.63, 3.8) is 0 Å². The number of amides is 1. The van der Waals surface area contributed by atoms with Gasteiger partial charge in [-0.05, 0) is 29.9 Å². The van der Waals surface area contributed by atoms with Crippen LogP contribution in [0.15, 0.2) is 24.3 Å². The lowest BCUT2D eigenvalue weighted by Crippen LogP contribution is -2.36. The molecule has 0 aliphatic heterocycles. The summed E-state index contributed by atoms with van der Waals surface area (Å²) in [7, 11) is 0. The molecule has 2 unspecified atom stereocenters. The Bertz CT molecular complexity index is 394. The predicted molar refractivity (Wildman–Crippen MR) is 71.0 cm³/mol. The summed E-state index contributed by atoms with van der Waals surface area (Å²) in [6.45, 7) is 0. The molecule has 1 aromatic carbocycles. The number of fused-ring (bicyclic) bond motifs is 1. The fourth-order valence-electron chi connectivity index (χ4n) is 2.32. The molecule has 1 aliphatic carbocycles. The summed E-state index contributed by atoms with van der Waals surface area (Å²) in [5.74, 6) is 0.409. The maximum absolute atomic E-state index is 10.8. The van der Waals surface area contributed by atoms with E-state index in [1.54, 1.807) is 0 Å². The molecule has 3 nitrogen and oxygen atoms in total. The minimum Gasteiger partial charge on any atom is -0.465 e. The Labute approximate surface area is 108 Å². The molecule has 2 N–H and O–H groups in total. The highest BCUT2D eigenvalue weighted by molar-refractivity contribution is 14.1. The first-order valence-electron chi connectivity index (χ1n) is 5.35. The summed E-state index contributed by atoms with van der Waals surface area (Å²) in [5.41, 5.74) is 2.43. The molecular weight excluding hydrogens is 317 g/mol. The van der Waals surface area contributed by atoms with Crippen molar-refractivity contribution in [2.24, 2.45) is 5.92 Å². The van der Waals surface area contributed by atoms with E-state index in [0.29, 0.717) is 5.92 Å². The molecule has 0 saturated carbocycles. The van der Waals surface area contributed by atoms with Crippen LogP contribution < -0.4 is 5.32 Å². The van der Waals surface area contributed by atoms with E-state index in [4.69, 9.17) is 5.11 Å². The maximum atomic E-state index is 10.8. The molecule has 86 valence electrons. The predicted octanol–water partition coefficient (Wildman–Crippen LogP) is 2.99. The third kappa shape index (κ3) is 2.31. The molecule has 0 aromatic heterocycles. The van der Waals surface area contributed by atoms with Gasteiger partial charge in [-0.3, -0.25) is 0 Å². The second kappa shape index (κ2) is 5.03. The standard InChI is InChI=1S/C12H14INO2/c13-7-9-6-5-8-3-1-2-4-10(8)11(9)14-12(15)16/h1-4,9,11,14H,5-7H2,(H,15,16). The smallest absolute Gasteiger partial charge is 0.405 e. The molecular formula is C12H14INO2. The average molecular weight is 331 g/mol. The van der Waals surface area contributed by atoms with Crippen molar-refractivity contribution < 1.29 is 9.90 Å². The van der Waals surface area contributed by atoms with Gasteiger partial charge in [0.1, 0.15) is 0 Å². The quantitative estimate of drug-likeness (QED) is 0.647. The van der Waals surface area contributed by atoms with Crippen molar-refractivity contribution in [2.45, 2.75) is 18.9 Å². The van der Waals surface area contributed by atoms with E-state index in [-0.39, 0.29) is 6.04 Å². The lowest BCUT2D eigenvalue weighted by atomic mass is 9.81. The largest absolute Gasteiger partial charge is 0.465 e. The monoisotopic (exact) mass is 331 g/mol. The number of hydrogen-bond donors (Lipinski definition) is 2. The summed E-state index contributed by atoms with van der Waals surface area (Å²) in [6.07, 6.45) is 1.18. The highest BCUT2D eigenvalue weighted by Crippen LogP contribution is 2.35. The molecule has 0 bridgehead atoms. The van der Waals surface area contributed by atoms with E-state index in [9.17, 15) is 4.79 Å². The number of halogens is 1. The molecule has 1 amide bonds. The minimum absolute atomic E-state index is 0.0423. The zero-order valence-electron chi connectivity index (χ0n) is 8.82. The van der Waals surface area contributed by atoms with Crippen LogP contribution in [0.4, 0.5) is 4.79 Å². The molecule has 4 heteroatoms. The number of aryl methyl sites for hydroxylation is 1. The molecule has 2 rings (SSSR count). The summed E-state index contributed by atoms with van der Waals surface area (Å²) in [6, 6.07) is 8.08. The van der Waals surface area contributed by atoms with E-state index in [1.165, 1.54) is 5.56 Å². The molecule has 1 aromatic rings. The normalized spacial score (nSPS) is 23.6. The summed E-state index contributed by atoms with van der Waals surface area (Å²) in [5, 5.41) is 11.5. The summed E-state index contributed by atoms with van der Waals surface area (Å²) >= 11 is 2.33. The number of nitrogens with one attached hydrogen (secondary N) is 1. The minimum atomic E-state index is -0.934. The van der Waals surface area contributed by atoms with Crippen LogP contribution in [0.25, 0.3) is 0 Å². The Morgan fingerprint density at radius 1 is 1.50 bits per heavy atom. The number of carboxylic acid groups (broad SMARTS) is 1. The van der Waals surface area contributed by atoms with Crippen molar-refractivity contribution in [1.82, 2.24) is 5.32 Å². The number of alkyl halides is 1. The van der Waals surface area contributed by atoms with Gasteiger partial charge in [-0.25, -0.2) is 4.79 Å². The molecule has 0 saturated heterocycles. The third-order valence-electron chi connectivity index (χ3n) is 3.12. The summed E-state index contributed by atoms with van der Waals surface area (Å²) < 4.78 is 0.983. The Balaban J connectivity index is 2.32.